The van der Waals surface area contributed by atoms with Gasteiger partial charge < -0.3 is 4.57 Å². The third-order valence-corrected chi connectivity index (χ3v) is 13.0. The van der Waals surface area contributed by atoms with Gasteiger partial charge in [-0.2, -0.15) is 4.99 Å². The predicted molar refractivity (Wildman–Crippen MR) is 248 cm³/mol. The van der Waals surface area contributed by atoms with E-state index in [1.807, 2.05) is 17.4 Å². The highest BCUT2D eigenvalue weighted by Gasteiger charge is 2.26. The Balaban J connectivity index is 1.09. The number of hydrogen-bond acceptors (Lipinski definition) is 2. The summed E-state index contributed by atoms with van der Waals surface area (Å²) in [7, 11) is 0. The van der Waals surface area contributed by atoms with Crippen molar-refractivity contribution in [1.29, 1.82) is 0 Å². The number of para-hydroxylation sites is 1. The van der Waals surface area contributed by atoms with Crippen LogP contribution in [0.5, 0.6) is 0 Å². The molecule has 0 aliphatic rings. The number of aliphatic imine (C=N–C) groups is 1. The van der Waals surface area contributed by atoms with Crippen LogP contribution < -0.4 is 5.32 Å². The van der Waals surface area contributed by atoms with Gasteiger partial charge in [0.1, 0.15) is 6.04 Å². The molecule has 2 N–H and O–H groups in total. The number of quaternary nitrogens is 1. The average Bonchev–Trinajstić information content (AvgIpc) is 3.84. The summed E-state index contributed by atoms with van der Waals surface area (Å²) in [5, 5.41) is 7.53. The average molecular weight is 767 g/mol. The van der Waals surface area contributed by atoms with E-state index in [1.165, 1.54) is 69.8 Å². The molecule has 0 saturated heterocycles. The molecule has 0 radical (unpaired) electrons. The van der Waals surface area contributed by atoms with Crippen LogP contribution in [0.15, 0.2) is 199 Å². The fraction of sp³-hybridized carbons (Fsp3) is 0.0926. The Bertz CT molecular complexity index is 3070. The second-order valence-electron chi connectivity index (χ2n) is 15.3. The van der Waals surface area contributed by atoms with Gasteiger partial charge in [0.05, 0.1) is 22.3 Å². The van der Waals surface area contributed by atoms with Crippen LogP contribution in [-0.2, 0) is 0 Å². The highest BCUT2D eigenvalue weighted by Crippen LogP contribution is 2.42. The lowest BCUT2D eigenvalue weighted by molar-refractivity contribution is -0.596. The summed E-state index contributed by atoms with van der Waals surface area (Å²) in [6, 6.07) is 70.6. The van der Waals surface area contributed by atoms with Crippen molar-refractivity contribution in [3.8, 4) is 27.9 Å². The fourth-order valence-corrected chi connectivity index (χ4v) is 9.80. The molecule has 0 amide bonds. The monoisotopic (exact) mass is 766 g/mol. The SMILES string of the molecule is CCC(C)C([NH2+]C(=Nc1ccccc1)c1ccccc1)c1ccc(-n2c3ccc(-c4ccccc4)cc3c3cc(-c4cccc5c4sc4ccccc45)ccc32)cc1. The molecule has 280 valence electrons. The maximum absolute atomic E-state index is 5.18. The maximum Gasteiger partial charge on any atom is 0.232 e. The summed E-state index contributed by atoms with van der Waals surface area (Å²) in [5.41, 5.74) is 11.9. The van der Waals surface area contributed by atoms with E-state index in [4.69, 9.17) is 4.99 Å². The fourth-order valence-electron chi connectivity index (χ4n) is 8.56. The van der Waals surface area contributed by atoms with E-state index in [-0.39, 0.29) is 6.04 Å². The molecule has 0 saturated carbocycles. The number of fused-ring (bicyclic) bond motifs is 6. The van der Waals surface area contributed by atoms with Gasteiger partial charge in [-0.15, -0.1) is 11.3 Å². The number of hydrogen-bond donors (Lipinski definition) is 1. The van der Waals surface area contributed by atoms with Crippen LogP contribution in [-0.4, -0.2) is 10.4 Å². The van der Waals surface area contributed by atoms with Crippen molar-refractivity contribution in [3.63, 3.8) is 0 Å². The number of amidine groups is 1. The molecule has 0 spiro atoms. The normalized spacial score (nSPS) is 13.1. The van der Waals surface area contributed by atoms with Crippen molar-refractivity contribution in [2.45, 2.75) is 26.3 Å². The number of rotatable bonds is 9. The first kappa shape index (κ1) is 35.8. The third-order valence-electron chi connectivity index (χ3n) is 11.8. The second-order valence-corrected chi connectivity index (χ2v) is 16.4. The van der Waals surface area contributed by atoms with Gasteiger partial charge in [0.25, 0.3) is 0 Å². The molecule has 2 aromatic heterocycles. The third kappa shape index (κ3) is 6.60. The Morgan fingerprint density at radius 2 is 1.19 bits per heavy atom. The molecule has 58 heavy (non-hydrogen) atoms. The van der Waals surface area contributed by atoms with Gasteiger partial charge in [-0.05, 0) is 95.4 Å². The van der Waals surface area contributed by atoms with E-state index in [9.17, 15) is 0 Å². The zero-order valence-electron chi connectivity index (χ0n) is 32.7. The Morgan fingerprint density at radius 1 is 0.569 bits per heavy atom. The molecule has 4 heteroatoms. The highest BCUT2D eigenvalue weighted by molar-refractivity contribution is 7.26. The van der Waals surface area contributed by atoms with Crippen LogP contribution in [0.1, 0.15) is 37.4 Å². The summed E-state index contributed by atoms with van der Waals surface area (Å²) in [6.07, 6.45) is 1.06. The van der Waals surface area contributed by atoms with Gasteiger partial charge in [0.2, 0.25) is 5.84 Å². The first-order valence-corrected chi connectivity index (χ1v) is 21.1. The van der Waals surface area contributed by atoms with Crippen LogP contribution in [0.2, 0.25) is 0 Å². The molecular weight excluding hydrogens is 723 g/mol. The summed E-state index contributed by atoms with van der Waals surface area (Å²) in [5.74, 6) is 1.42. The van der Waals surface area contributed by atoms with E-state index < -0.39 is 0 Å². The predicted octanol–water partition coefficient (Wildman–Crippen LogP) is 13.9. The van der Waals surface area contributed by atoms with Crippen LogP contribution in [0.3, 0.4) is 0 Å². The number of nitrogens with zero attached hydrogens (tertiary/aromatic N) is 2. The van der Waals surface area contributed by atoms with Crippen LogP contribution >= 0.6 is 11.3 Å². The van der Waals surface area contributed by atoms with Gasteiger partial charge in [-0.3, -0.25) is 5.32 Å². The molecule has 0 aliphatic heterocycles. The standard InChI is InChI=1S/C54H43N3S/c1-3-36(2)52(56-54(39-18-9-5-10-19-39)55-42-20-11-6-12-21-42)38-26-30-43(31-27-38)57-49-32-28-40(37-16-7-4-8-17-37)34-47(49)48-35-41(29-33-50(48)57)44-23-15-24-46-45-22-13-14-25-51(45)58-53(44)46/h4-36,52H,3H2,1-2H3,(H,55,56)/p+1. The number of thiophene rings is 1. The van der Waals surface area contributed by atoms with Crippen LogP contribution in [0.4, 0.5) is 5.69 Å². The Kier molecular flexibility index (Phi) is 9.50. The van der Waals surface area contributed by atoms with E-state index >= 15 is 0 Å². The second kappa shape index (κ2) is 15.4. The minimum atomic E-state index is 0.187. The molecule has 8 aromatic carbocycles. The minimum absolute atomic E-state index is 0.187. The molecule has 2 unspecified atom stereocenters. The van der Waals surface area contributed by atoms with Crippen molar-refractivity contribution in [3.05, 3.63) is 205 Å². The van der Waals surface area contributed by atoms with E-state index in [1.54, 1.807) is 0 Å². The first-order chi connectivity index (χ1) is 28.6. The van der Waals surface area contributed by atoms with Crippen molar-refractivity contribution in [2.75, 3.05) is 0 Å². The number of aromatic nitrogens is 1. The largest absolute Gasteiger partial charge is 0.309 e. The molecule has 2 atom stereocenters. The van der Waals surface area contributed by atoms with E-state index in [0.717, 1.165) is 29.2 Å². The van der Waals surface area contributed by atoms with Gasteiger partial charge in [-0.1, -0.05) is 141 Å². The molecule has 0 aliphatic carbocycles. The molecule has 10 rings (SSSR count). The topological polar surface area (TPSA) is 33.9 Å². The number of benzene rings is 8. The highest BCUT2D eigenvalue weighted by atomic mass is 32.1. The zero-order valence-corrected chi connectivity index (χ0v) is 33.5. The van der Waals surface area contributed by atoms with Crippen molar-refractivity contribution < 1.29 is 5.32 Å². The molecular formula is C54H44N3S+. The zero-order chi connectivity index (χ0) is 39.0. The summed E-state index contributed by atoms with van der Waals surface area (Å²) in [4.78, 5) is 5.18. The lowest BCUT2D eigenvalue weighted by Crippen LogP contribution is -2.90. The van der Waals surface area contributed by atoms with Crippen LogP contribution in [0, 0.1) is 5.92 Å². The summed E-state index contributed by atoms with van der Waals surface area (Å²) >= 11 is 1.89. The van der Waals surface area contributed by atoms with Gasteiger partial charge in [0, 0.05) is 48.1 Å². The summed E-state index contributed by atoms with van der Waals surface area (Å²) in [6.45, 7) is 4.64. The summed E-state index contributed by atoms with van der Waals surface area (Å²) < 4.78 is 5.11. The van der Waals surface area contributed by atoms with E-state index in [2.05, 4.69) is 212 Å². The lowest BCUT2D eigenvalue weighted by Gasteiger charge is -2.23. The first-order valence-electron chi connectivity index (χ1n) is 20.3. The van der Waals surface area contributed by atoms with Crippen molar-refractivity contribution in [2.24, 2.45) is 10.9 Å². The number of nitrogens with two attached hydrogens (primary N) is 1. The van der Waals surface area contributed by atoms with Gasteiger partial charge >= 0.3 is 0 Å². The Labute approximate surface area is 343 Å². The molecule has 0 bridgehead atoms. The lowest BCUT2D eigenvalue weighted by atomic mass is 9.92. The molecule has 2 heterocycles. The van der Waals surface area contributed by atoms with Crippen molar-refractivity contribution in [1.82, 2.24) is 4.57 Å². The van der Waals surface area contributed by atoms with Gasteiger partial charge in [0.15, 0.2) is 0 Å². The van der Waals surface area contributed by atoms with Crippen LogP contribution in [0.25, 0.3) is 69.9 Å². The molecule has 3 nitrogen and oxygen atoms in total. The molecule has 10 aromatic rings. The maximum atomic E-state index is 5.18. The molecule has 0 fully saturated rings. The quantitative estimate of drug-likeness (QED) is 0.112. The minimum Gasteiger partial charge on any atom is -0.309 e. The Morgan fingerprint density at radius 3 is 1.91 bits per heavy atom. The Hall–Kier alpha value is -6.59. The van der Waals surface area contributed by atoms with E-state index in [0.29, 0.717) is 5.92 Å². The van der Waals surface area contributed by atoms with Gasteiger partial charge in [-0.25, -0.2) is 0 Å². The smallest absolute Gasteiger partial charge is 0.232 e. The van der Waals surface area contributed by atoms with Crippen molar-refractivity contribution >= 4 is 64.8 Å².